The van der Waals surface area contributed by atoms with Gasteiger partial charge in [-0.25, -0.2) is 0 Å². The van der Waals surface area contributed by atoms with Gasteiger partial charge in [-0.3, -0.25) is 10.1 Å². The van der Waals surface area contributed by atoms with E-state index in [1.807, 2.05) is 0 Å². The van der Waals surface area contributed by atoms with Gasteiger partial charge in [-0.15, -0.1) is 0 Å². The molecule has 0 spiro atoms. The highest BCUT2D eigenvalue weighted by Crippen LogP contribution is 2.15. The molecular formula is C8H10BNO5. The zero-order valence-electron chi connectivity index (χ0n) is 8.08. The van der Waals surface area contributed by atoms with Gasteiger partial charge < -0.3 is 14.8 Å². The minimum absolute atomic E-state index is 0.00829. The van der Waals surface area contributed by atoms with Crippen molar-refractivity contribution in [1.29, 1.82) is 0 Å². The summed E-state index contributed by atoms with van der Waals surface area (Å²) >= 11 is 0. The largest absolute Gasteiger partial charge is 0.494 e. The summed E-state index contributed by atoms with van der Waals surface area (Å²) in [7, 11) is -1.79. The van der Waals surface area contributed by atoms with Crippen LogP contribution in [0.15, 0.2) is 18.2 Å². The second-order valence-corrected chi connectivity index (χ2v) is 2.79. The quantitative estimate of drug-likeness (QED) is 0.404. The van der Waals surface area contributed by atoms with Gasteiger partial charge in [0.15, 0.2) is 0 Å². The van der Waals surface area contributed by atoms with E-state index in [9.17, 15) is 10.1 Å². The van der Waals surface area contributed by atoms with Gasteiger partial charge in [0.25, 0.3) is 5.69 Å². The van der Waals surface area contributed by atoms with Crippen LogP contribution in [0, 0.1) is 10.1 Å². The third kappa shape index (κ3) is 2.68. The number of nitrogens with zero attached hydrogens (tertiary/aromatic N) is 1. The topological polar surface area (TPSA) is 92.8 Å². The van der Waals surface area contributed by atoms with Crippen molar-refractivity contribution in [2.45, 2.75) is 6.92 Å². The SMILES string of the molecule is CCOc1ccc([N+](=O)[O-])cc1B(O)O. The Morgan fingerprint density at radius 3 is 2.67 bits per heavy atom. The molecule has 0 saturated heterocycles. The predicted molar refractivity (Wildman–Crippen MR) is 54.1 cm³/mol. The summed E-state index contributed by atoms with van der Waals surface area (Å²) in [5.74, 6) is 0.234. The number of rotatable bonds is 4. The first-order valence-corrected chi connectivity index (χ1v) is 4.33. The van der Waals surface area contributed by atoms with Crippen molar-refractivity contribution in [3.63, 3.8) is 0 Å². The number of ether oxygens (including phenoxy) is 1. The smallest absolute Gasteiger partial charge is 0.492 e. The van der Waals surface area contributed by atoms with E-state index >= 15 is 0 Å². The number of non-ortho nitro benzene ring substituents is 1. The summed E-state index contributed by atoms with van der Waals surface area (Å²) < 4.78 is 5.09. The zero-order chi connectivity index (χ0) is 11.4. The maximum atomic E-state index is 10.4. The minimum atomic E-state index is -1.79. The Hall–Kier alpha value is -1.60. The molecule has 0 unspecified atom stereocenters. The molecule has 0 bridgehead atoms. The molecule has 0 saturated carbocycles. The fourth-order valence-electron chi connectivity index (χ4n) is 1.14. The molecule has 1 aromatic carbocycles. The average Bonchev–Trinajstić information content (AvgIpc) is 2.18. The van der Waals surface area contributed by atoms with Crippen molar-refractivity contribution in [3.8, 4) is 5.75 Å². The average molecular weight is 211 g/mol. The van der Waals surface area contributed by atoms with Crippen LogP contribution >= 0.6 is 0 Å². The van der Waals surface area contributed by atoms with Crippen molar-refractivity contribution in [3.05, 3.63) is 28.3 Å². The Bertz CT molecular complexity index is 368. The molecule has 0 atom stereocenters. The summed E-state index contributed by atoms with van der Waals surface area (Å²) in [4.78, 5) is 9.84. The summed E-state index contributed by atoms with van der Waals surface area (Å²) in [5.41, 5.74) is -0.215. The fourth-order valence-corrected chi connectivity index (χ4v) is 1.14. The first kappa shape index (κ1) is 11.5. The number of nitro benzene ring substituents is 1. The maximum Gasteiger partial charge on any atom is 0.492 e. The third-order valence-electron chi connectivity index (χ3n) is 1.78. The van der Waals surface area contributed by atoms with Gasteiger partial charge >= 0.3 is 7.12 Å². The lowest BCUT2D eigenvalue weighted by atomic mass is 9.79. The zero-order valence-corrected chi connectivity index (χ0v) is 8.08. The molecule has 0 fully saturated rings. The summed E-state index contributed by atoms with van der Waals surface area (Å²) in [6, 6.07) is 3.67. The van der Waals surface area contributed by atoms with Crippen molar-refractivity contribution >= 4 is 18.3 Å². The molecule has 0 aliphatic carbocycles. The molecule has 7 heteroatoms. The van der Waals surface area contributed by atoms with E-state index in [-0.39, 0.29) is 16.9 Å². The van der Waals surface area contributed by atoms with Gasteiger partial charge in [-0.1, -0.05) is 0 Å². The Balaban J connectivity index is 3.14. The molecule has 0 heterocycles. The van der Waals surface area contributed by atoms with Crippen LogP contribution in [0.4, 0.5) is 5.69 Å². The van der Waals surface area contributed by atoms with Crippen LogP contribution in [0.3, 0.4) is 0 Å². The molecule has 0 aliphatic heterocycles. The monoisotopic (exact) mass is 211 g/mol. The van der Waals surface area contributed by atoms with Crippen molar-refractivity contribution in [1.82, 2.24) is 0 Å². The summed E-state index contributed by atoms with van der Waals surface area (Å²) in [5, 5.41) is 28.4. The van der Waals surface area contributed by atoms with Crippen molar-refractivity contribution < 1.29 is 19.7 Å². The number of benzene rings is 1. The van der Waals surface area contributed by atoms with E-state index in [2.05, 4.69) is 0 Å². The van der Waals surface area contributed by atoms with Crippen LogP contribution in [0.1, 0.15) is 6.92 Å². The normalized spacial score (nSPS) is 9.80. The number of hydrogen-bond acceptors (Lipinski definition) is 5. The number of hydrogen-bond donors (Lipinski definition) is 2. The lowest BCUT2D eigenvalue weighted by Gasteiger charge is -2.08. The van der Waals surface area contributed by atoms with E-state index in [0.717, 1.165) is 6.07 Å². The fraction of sp³-hybridized carbons (Fsp3) is 0.250. The molecular weight excluding hydrogens is 201 g/mol. The van der Waals surface area contributed by atoms with Gasteiger partial charge in [0.1, 0.15) is 5.75 Å². The molecule has 0 radical (unpaired) electrons. The first-order valence-electron chi connectivity index (χ1n) is 4.33. The van der Waals surface area contributed by atoms with E-state index in [1.54, 1.807) is 6.92 Å². The van der Waals surface area contributed by atoms with E-state index in [1.165, 1.54) is 12.1 Å². The van der Waals surface area contributed by atoms with Crippen LogP contribution in [0.25, 0.3) is 0 Å². The molecule has 2 N–H and O–H groups in total. The Kier molecular flexibility index (Phi) is 3.65. The standard InChI is InChI=1S/C8H10BNO5/c1-2-15-8-4-3-6(10(13)14)5-7(8)9(11)12/h3-5,11-12H,2H2,1H3. The lowest BCUT2D eigenvalue weighted by molar-refractivity contribution is -0.384. The van der Waals surface area contributed by atoms with Crippen molar-refractivity contribution in [2.75, 3.05) is 6.61 Å². The van der Waals surface area contributed by atoms with Gasteiger partial charge in [-0.05, 0) is 13.0 Å². The summed E-state index contributed by atoms with van der Waals surface area (Å²) in [6.07, 6.45) is 0. The molecule has 1 aromatic rings. The highest BCUT2D eigenvalue weighted by Gasteiger charge is 2.20. The van der Waals surface area contributed by atoms with Crippen LogP contribution < -0.4 is 10.2 Å². The molecule has 0 aliphatic rings. The van der Waals surface area contributed by atoms with Crippen LogP contribution in [0.5, 0.6) is 5.75 Å². The van der Waals surface area contributed by atoms with Crippen molar-refractivity contribution in [2.24, 2.45) is 0 Å². The van der Waals surface area contributed by atoms with Crippen LogP contribution in [0.2, 0.25) is 0 Å². The molecule has 0 amide bonds. The highest BCUT2D eigenvalue weighted by molar-refractivity contribution is 6.59. The van der Waals surface area contributed by atoms with Crippen LogP contribution in [-0.2, 0) is 0 Å². The highest BCUT2D eigenvalue weighted by atomic mass is 16.6. The van der Waals surface area contributed by atoms with Gasteiger partial charge in [0.05, 0.1) is 11.5 Å². The Labute approximate surface area is 86.4 Å². The molecule has 0 aromatic heterocycles. The van der Waals surface area contributed by atoms with E-state index < -0.39 is 12.0 Å². The minimum Gasteiger partial charge on any atom is -0.494 e. The van der Waals surface area contributed by atoms with Gasteiger partial charge in [-0.2, -0.15) is 0 Å². The molecule has 15 heavy (non-hydrogen) atoms. The maximum absolute atomic E-state index is 10.4. The molecule has 1 rings (SSSR count). The van der Waals surface area contributed by atoms with Gasteiger partial charge in [0, 0.05) is 17.6 Å². The molecule has 80 valence electrons. The first-order chi connectivity index (χ1) is 7.06. The summed E-state index contributed by atoms with van der Waals surface area (Å²) in [6.45, 7) is 2.08. The van der Waals surface area contributed by atoms with Gasteiger partial charge in [0.2, 0.25) is 0 Å². The van der Waals surface area contributed by atoms with E-state index in [0.29, 0.717) is 6.61 Å². The third-order valence-corrected chi connectivity index (χ3v) is 1.78. The molecule has 6 nitrogen and oxygen atoms in total. The lowest BCUT2D eigenvalue weighted by Crippen LogP contribution is -2.31. The van der Waals surface area contributed by atoms with Crippen LogP contribution in [-0.4, -0.2) is 28.7 Å². The second kappa shape index (κ2) is 4.76. The Morgan fingerprint density at radius 1 is 1.53 bits per heavy atom. The second-order valence-electron chi connectivity index (χ2n) is 2.79. The number of nitro groups is 1. The van der Waals surface area contributed by atoms with E-state index in [4.69, 9.17) is 14.8 Å². The predicted octanol–water partition coefficient (Wildman–Crippen LogP) is -0.327. The Morgan fingerprint density at radius 2 is 2.20 bits per heavy atom.